The number of nitrogens with one attached hydrogen (secondary N) is 2. The number of carbonyl (C=O) groups is 2. The van der Waals surface area contributed by atoms with E-state index in [4.69, 9.17) is 9.47 Å². The molecule has 0 aromatic heterocycles. The van der Waals surface area contributed by atoms with Gasteiger partial charge in [-0.3, -0.25) is 9.59 Å². The SMILES string of the molecule is COc1ccccc1OCCNC(=O)c1ccccc1NC(=O)c1ccccc1Br. The van der Waals surface area contributed by atoms with Gasteiger partial charge in [0.25, 0.3) is 11.8 Å². The Morgan fingerprint density at radius 2 is 1.47 bits per heavy atom. The van der Waals surface area contributed by atoms with Gasteiger partial charge < -0.3 is 20.1 Å². The van der Waals surface area contributed by atoms with E-state index in [1.54, 1.807) is 61.7 Å². The Labute approximate surface area is 183 Å². The molecule has 0 unspecified atom stereocenters. The summed E-state index contributed by atoms with van der Waals surface area (Å²) in [7, 11) is 1.57. The van der Waals surface area contributed by atoms with Crippen LogP contribution in [0.25, 0.3) is 0 Å². The maximum atomic E-state index is 12.6. The van der Waals surface area contributed by atoms with Crippen molar-refractivity contribution in [3.05, 3.63) is 88.4 Å². The third kappa shape index (κ3) is 5.39. The zero-order valence-electron chi connectivity index (χ0n) is 16.4. The van der Waals surface area contributed by atoms with Crippen molar-refractivity contribution < 1.29 is 19.1 Å². The number of carbonyl (C=O) groups excluding carboxylic acids is 2. The average Bonchev–Trinajstić information content (AvgIpc) is 2.77. The van der Waals surface area contributed by atoms with Gasteiger partial charge in [-0.05, 0) is 52.3 Å². The van der Waals surface area contributed by atoms with Gasteiger partial charge in [0.05, 0.1) is 30.5 Å². The van der Waals surface area contributed by atoms with Crippen molar-refractivity contribution in [1.82, 2.24) is 5.32 Å². The van der Waals surface area contributed by atoms with Crippen LogP contribution in [0.1, 0.15) is 20.7 Å². The van der Waals surface area contributed by atoms with E-state index in [2.05, 4.69) is 26.6 Å². The Balaban J connectivity index is 1.60. The smallest absolute Gasteiger partial charge is 0.256 e. The van der Waals surface area contributed by atoms with Crippen LogP contribution in [0.15, 0.2) is 77.3 Å². The summed E-state index contributed by atoms with van der Waals surface area (Å²) in [5.74, 6) is 0.628. The molecule has 0 heterocycles. The van der Waals surface area contributed by atoms with Crippen LogP contribution >= 0.6 is 15.9 Å². The Morgan fingerprint density at radius 3 is 2.20 bits per heavy atom. The summed E-state index contributed by atoms with van der Waals surface area (Å²) in [6.07, 6.45) is 0. The quantitative estimate of drug-likeness (QED) is 0.476. The van der Waals surface area contributed by atoms with E-state index in [9.17, 15) is 9.59 Å². The summed E-state index contributed by atoms with van der Waals surface area (Å²) in [5.41, 5.74) is 1.29. The van der Waals surface area contributed by atoms with Crippen LogP contribution in [0.4, 0.5) is 5.69 Å². The van der Waals surface area contributed by atoms with E-state index in [1.165, 1.54) is 0 Å². The van der Waals surface area contributed by atoms with Crippen molar-refractivity contribution in [2.75, 3.05) is 25.6 Å². The molecule has 3 aromatic rings. The lowest BCUT2D eigenvalue weighted by molar-refractivity contribution is 0.0947. The molecule has 0 radical (unpaired) electrons. The summed E-state index contributed by atoms with van der Waals surface area (Å²) < 4.78 is 11.6. The lowest BCUT2D eigenvalue weighted by Crippen LogP contribution is -2.29. The van der Waals surface area contributed by atoms with Crippen LogP contribution < -0.4 is 20.1 Å². The van der Waals surface area contributed by atoms with Crippen LogP contribution in [-0.2, 0) is 0 Å². The number of ether oxygens (including phenoxy) is 2. The predicted molar refractivity (Wildman–Crippen MR) is 119 cm³/mol. The molecule has 0 atom stereocenters. The zero-order chi connectivity index (χ0) is 21.3. The molecule has 0 aliphatic carbocycles. The summed E-state index contributed by atoms with van der Waals surface area (Å²) in [6.45, 7) is 0.570. The molecule has 2 N–H and O–H groups in total. The fourth-order valence-electron chi connectivity index (χ4n) is 2.78. The average molecular weight is 469 g/mol. The molecule has 0 saturated carbocycles. The minimum absolute atomic E-state index is 0.275. The first kappa shape index (κ1) is 21.4. The van der Waals surface area contributed by atoms with Gasteiger partial charge in [0.15, 0.2) is 11.5 Å². The third-order valence-corrected chi connectivity index (χ3v) is 4.94. The van der Waals surface area contributed by atoms with Gasteiger partial charge in [-0.2, -0.15) is 0 Å². The highest BCUT2D eigenvalue weighted by atomic mass is 79.9. The molecule has 0 aliphatic rings. The van der Waals surface area contributed by atoms with Gasteiger partial charge in [-0.15, -0.1) is 0 Å². The summed E-state index contributed by atoms with van der Waals surface area (Å²) >= 11 is 3.37. The van der Waals surface area contributed by atoms with Crippen LogP contribution in [0, 0.1) is 0 Å². The lowest BCUT2D eigenvalue weighted by atomic mass is 10.1. The molecule has 30 heavy (non-hydrogen) atoms. The third-order valence-electron chi connectivity index (χ3n) is 4.25. The van der Waals surface area contributed by atoms with Crippen molar-refractivity contribution in [3.8, 4) is 11.5 Å². The van der Waals surface area contributed by atoms with Crippen molar-refractivity contribution in [1.29, 1.82) is 0 Å². The number of hydrogen-bond donors (Lipinski definition) is 2. The second-order valence-corrected chi connectivity index (χ2v) is 7.09. The van der Waals surface area contributed by atoms with Crippen LogP contribution in [0.5, 0.6) is 11.5 Å². The maximum Gasteiger partial charge on any atom is 0.256 e. The van der Waals surface area contributed by atoms with Gasteiger partial charge in [0, 0.05) is 4.47 Å². The minimum atomic E-state index is -0.304. The lowest BCUT2D eigenvalue weighted by Gasteiger charge is -2.13. The van der Waals surface area contributed by atoms with Crippen LogP contribution in [-0.4, -0.2) is 32.1 Å². The van der Waals surface area contributed by atoms with Gasteiger partial charge in [0.1, 0.15) is 6.61 Å². The van der Waals surface area contributed by atoms with Crippen LogP contribution in [0.3, 0.4) is 0 Å². The fourth-order valence-corrected chi connectivity index (χ4v) is 3.25. The van der Waals surface area contributed by atoms with E-state index in [1.807, 2.05) is 18.2 Å². The molecule has 2 amide bonds. The highest BCUT2D eigenvalue weighted by Crippen LogP contribution is 2.25. The van der Waals surface area contributed by atoms with Crippen molar-refractivity contribution in [3.63, 3.8) is 0 Å². The zero-order valence-corrected chi connectivity index (χ0v) is 17.9. The largest absolute Gasteiger partial charge is 0.493 e. The van der Waals surface area contributed by atoms with Crippen LogP contribution in [0.2, 0.25) is 0 Å². The normalized spacial score (nSPS) is 10.2. The van der Waals surface area contributed by atoms with E-state index in [0.29, 0.717) is 39.3 Å². The Hall–Kier alpha value is -3.32. The highest BCUT2D eigenvalue weighted by molar-refractivity contribution is 9.10. The first-order valence-electron chi connectivity index (χ1n) is 9.29. The number of methoxy groups -OCH3 is 1. The second-order valence-electron chi connectivity index (χ2n) is 6.23. The fraction of sp³-hybridized carbons (Fsp3) is 0.130. The molecule has 0 saturated heterocycles. The molecule has 7 heteroatoms. The van der Waals surface area contributed by atoms with E-state index < -0.39 is 0 Å². The standard InChI is InChI=1S/C23H21BrN2O4/c1-29-20-12-6-7-13-21(20)30-15-14-25-22(27)17-9-3-5-11-19(17)26-23(28)16-8-2-4-10-18(16)24/h2-13H,14-15H2,1H3,(H,25,27)(H,26,28). The molecule has 3 aromatic carbocycles. The van der Waals surface area contributed by atoms with Crippen molar-refractivity contribution in [2.45, 2.75) is 0 Å². The molecule has 3 rings (SSSR count). The van der Waals surface area contributed by atoms with Gasteiger partial charge >= 0.3 is 0 Å². The summed E-state index contributed by atoms with van der Waals surface area (Å²) in [4.78, 5) is 25.2. The van der Waals surface area contributed by atoms with E-state index in [-0.39, 0.29) is 18.4 Å². The molecule has 0 bridgehead atoms. The first-order chi connectivity index (χ1) is 14.6. The summed E-state index contributed by atoms with van der Waals surface area (Å²) in [6, 6.07) is 21.3. The topological polar surface area (TPSA) is 76.7 Å². The van der Waals surface area contributed by atoms with E-state index >= 15 is 0 Å². The molecule has 0 fully saturated rings. The van der Waals surface area contributed by atoms with Gasteiger partial charge in [-0.1, -0.05) is 36.4 Å². The first-order valence-corrected chi connectivity index (χ1v) is 10.1. The van der Waals surface area contributed by atoms with Crippen molar-refractivity contribution in [2.24, 2.45) is 0 Å². The maximum absolute atomic E-state index is 12.6. The number of hydrogen-bond acceptors (Lipinski definition) is 4. The molecular weight excluding hydrogens is 448 g/mol. The Bertz CT molecular complexity index is 1040. The van der Waals surface area contributed by atoms with Crippen molar-refractivity contribution >= 4 is 33.4 Å². The summed E-state index contributed by atoms with van der Waals surface area (Å²) in [5, 5.41) is 5.61. The Kier molecular flexibility index (Phi) is 7.45. The van der Waals surface area contributed by atoms with E-state index in [0.717, 1.165) is 0 Å². The second kappa shape index (κ2) is 10.5. The predicted octanol–water partition coefficient (Wildman–Crippen LogP) is 4.52. The Morgan fingerprint density at radius 1 is 0.833 bits per heavy atom. The molecule has 0 aliphatic heterocycles. The van der Waals surface area contributed by atoms with Gasteiger partial charge in [0.2, 0.25) is 0 Å². The number of para-hydroxylation sites is 3. The number of anilines is 1. The number of benzene rings is 3. The number of amides is 2. The molecule has 154 valence electrons. The number of halogens is 1. The number of rotatable bonds is 8. The molecular formula is C23H21BrN2O4. The van der Waals surface area contributed by atoms with Gasteiger partial charge in [-0.25, -0.2) is 0 Å². The monoisotopic (exact) mass is 468 g/mol. The molecule has 0 spiro atoms. The minimum Gasteiger partial charge on any atom is -0.493 e. The molecule has 6 nitrogen and oxygen atoms in total. The highest BCUT2D eigenvalue weighted by Gasteiger charge is 2.15.